The maximum absolute atomic E-state index is 10.9. The molecule has 8 heteroatoms. The van der Waals surface area contributed by atoms with Crippen molar-refractivity contribution in [3.8, 4) is 5.88 Å². The van der Waals surface area contributed by atoms with Gasteiger partial charge in [0, 0.05) is 12.1 Å². The number of oxazole rings is 1. The Balaban J connectivity index is 2.19. The fourth-order valence-corrected chi connectivity index (χ4v) is 1.47. The SMILES string of the molecule is COc1ccc([N+](=O)[O-])c(NCc2ncc(C)o2)n1. The lowest BCUT2D eigenvalue weighted by molar-refractivity contribution is -0.384. The van der Waals surface area contributed by atoms with Crippen molar-refractivity contribution in [1.82, 2.24) is 9.97 Å². The third-order valence-corrected chi connectivity index (χ3v) is 2.33. The van der Waals surface area contributed by atoms with Gasteiger partial charge in [-0.25, -0.2) is 4.98 Å². The van der Waals surface area contributed by atoms with Crippen molar-refractivity contribution in [2.45, 2.75) is 13.5 Å². The number of hydrogen-bond acceptors (Lipinski definition) is 7. The van der Waals surface area contributed by atoms with Crippen LogP contribution in [-0.4, -0.2) is 22.0 Å². The summed E-state index contributed by atoms with van der Waals surface area (Å²) in [5.41, 5.74) is -0.135. The molecule has 1 N–H and O–H groups in total. The zero-order valence-corrected chi connectivity index (χ0v) is 10.4. The third kappa shape index (κ3) is 2.97. The molecule has 0 amide bonds. The van der Waals surface area contributed by atoms with E-state index in [-0.39, 0.29) is 23.9 Å². The molecule has 0 aromatic carbocycles. The van der Waals surface area contributed by atoms with Gasteiger partial charge in [-0.1, -0.05) is 0 Å². The molecule has 2 aromatic heterocycles. The number of hydrogen-bond donors (Lipinski definition) is 1. The largest absolute Gasteiger partial charge is 0.481 e. The number of anilines is 1. The number of nitrogens with zero attached hydrogens (tertiary/aromatic N) is 3. The minimum absolute atomic E-state index is 0.111. The van der Waals surface area contributed by atoms with Gasteiger partial charge in [0.25, 0.3) is 0 Å². The lowest BCUT2D eigenvalue weighted by Crippen LogP contribution is -2.05. The molecule has 0 aliphatic carbocycles. The minimum atomic E-state index is -0.518. The Morgan fingerprint density at radius 3 is 2.89 bits per heavy atom. The van der Waals surface area contributed by atoms with Crippen LogP contribution in [0.5, 0.6) is 5.88 Å². The molecule has 0 atom stereocenters. The first-order chi connectivity index (χ1) is 9.10. The molecular weight excluding hydrogens is 252 g/mol. The Labute approximate surface area is 108 Å². The molecule has 2 rings (SSSR count). The standard InChI is InChI=1S/C11H12N4O4/c1-7-5-12-10(19-7)6-13-11-8(15(16)17)3-4-9(14-11)18-2/h3-5H,6H2,1-2H3,(H,13,14). The summed E-state index contributed by atoms with van der Waals surface area (Å²) in [5, 5.41) is 13.7. The number of aromatic nitrogens is 2. The normalized spacial score (nSPS) is 10.2. The summed E-state index contributed by atoms with van der Waals surface area (Å²) in [7, 11) is 1.44. The summed E-state index contributed by atoms with van der Waals surface area (Å²) in [4.78, 5) is 18.3. The van der Waals surface area contributed by atoms with Crippen LogP contribution in [0.3, 0.4) is 0 Å². The fourth-order valence-electron chi connectivity index (χ4n) is 1.47. The number of pyridine rings is 1. The van der Waals surface area contributed by atoms with Crippen molar-refractivity contribution < 1.29 is 14.1 Å². The number of rotatable bonds is 5. The van der Waals surface area contributed by atoms with Crippen LogP contribution < -0.4 is 10.1 Å². The van der Waals surface area contributed by atoms with E-state index >= 15 is 0 Å². The second-order valence-electron chi connectivity index (χ2n) is 3.70. The average Bonchev–Trinajstić information content (AvgIpc) is 2.81. The first-order valence-electron chi connectivity index (χ1n) is 5.44. The van der Waals surface area contributed by atoms with E-state index < -0.39 is 4.92 Å². The van der Waals surface area contributed by atoms with E-state index in [0.29, 0.717) is 11.7 Å². The van der Waals surface area contributed by atoms with Crippen LogP contribution in [-0.2, 0) is 6.54 Å². The van der Waals surface area contributed by atoms with E-state index in [9.17, 15) is 10.1 Å². The Morgan fingerprint density at radius 2 is 2.32 bits per heavy atom. The van der Waals surface area contributed by atoms with Crippen LogP contribution in [0.2, 0.25) is 0 Å². The van der Waals surface area contributed by atoms with Crippen molar-refractivity contribution in [2.75, 3.05) is 12.4 Å². The minimum Gasteiger partial charge on any atom is -0.481 e. The molecule has 2 heterocycles. The molecule has 0 aliphatic rings. The predicted octanol–water partition coefficient (Wildman–Crippen LogP) is 1.91. The smallest absolute Gasteiger partial charge is 0.311 e. The van der Waals surface area contributed by atoms with Crippen LogP contribution in [0, 0.1) is 17.0 Å². The Morgan fingerprint density at radius 1 is 1.53 bits per heavy atom. The Hall–Kier alpha value is -2.64. The molecule has 0 unspecified atom stereocenters. The monoisotopic (exact) mass is 264 g/mol. The first-order valence-corrected chi connectivity index (χ1v) is 5.44. The summed E-state index contributed by atoms with van der Waals surface area (Å²) in [5.74, 6) is 1.50. The molecule has 0 saturated heterocycles. The molecule has 2 aromatic rings. The number of aryl methyl sites for hydroxylation is 1. The second-order valence-corrected chi connectivity index (χ2v) is 3.70. The fraction of sp³-hybridized carbons (Fsp3) is 0.273. The van der Waals surface area contributed by atoms with Crippen molar-refractivity contribution in [3.05, 3.63) is 40.1 Å². The van der Waals surface area contributed by atoms with Gasteiger partial charge in [-0.05, 0) is 6.92 Å². The lowest BCUT2D eigenvalue weighted by Gasteiger charge is -2.05. The molecule has 0 spiro atoms. The number of nitro groups is 1. The van der Waals surface area contributed by atoms with E-state index in [2.05, 4.69) is 15.3 Å². The Bertz CT molecular complexity index is 596. The van der Waals surface area contributed by atoms with Gasteiger partial charge in [0.1, 0.15) is 5.76 Å². The molecular formula is C11H12N4O4. The van der Waals surface area contributed by atoms with Gasteiger partial charge < -0.3 is 14.5 Å². The van der Waals surface area contributed by atoms with Crippen molar-refractivity contribution in [2.24, 2.45) is 0 Å². The van der Waals surface area contributed by atoms with E-state index in [1.54, 1.807) is 13.1 Å². The summed E-state index contributed by atoms with van der Waals surface area (Å²) < 4.78 is 10.2. The summed E-state index contributed by atoms with van der Waals surface area (Å²) in [6.45, 7) is 1.97. The van der Waals surface area contributed by atoms with Gasteiger partial charge in [0.15, 0.2) is 0 Å². The van der Waals surface area contributed by atoms with Crippen LogP contribution in [0.15, 0.2) is 22.7 Å². The van der Waals surface area contributed by atoms with E-state index in [1.165, 1.54) is 19.2 Å². The summed E-state index contributed by atoms with van der Waals surface area (Å²) >= 11 is 0. The zero-order chi connectivity index (χ0) is 13.8. The highest BCUT2D eigenvalue weighted by molar-refractivity contribution is 5.56. The van der Waals surface area contributed by atoms with Gasteiger partial charge in [0.05, 0.1) is 24.8 Å². The van der Waals surface area contributed by atoms with Gasteiger partial charge in [-0.2, -0.15) is 4.98 Å². The zero-order valence-electron chi connectivity index (χ0n) is 10.4. The third-order valence-electron chi connectivity index (χ3n) is 2.33. The number of nitrogens with one attached hydrogen (secondary N) is 1. The van der Waals surface area contributed by atoms with Crippen LogP contribution >= 0.6 is 0 Å². The first kappa shape index (κ1) is 12.8. The number of ether oxygens (including phenoxy) is 1. The molecule has 100 valence electrons. The average molecular weight is 264 g/mol. The van der Waals surface area contributed by atoms with Crippen molar-refractivity contribution in [1.29, 1.82) is 0 Å². The number of methoxy groups -OCH3 is 1. The van der Waals surface area contributed by atoms with Crippen LogP contribution in [0.25, 0.3) is 0 Å². The molecule has 0 aliphatic heterocycles. The maximum atomic E-state index is 10.9. The van der Waals surface area contributed by atoms with E-state index in [0.717, 1.165) is 0 Å². The highest BCUT2D eigenvalue weighted by Crippen LogP contribution is 2.25. The lowest BCUT2D eigenvalue weighted by atomic mass is 10.4. The second kappa shape index (κ2) is 5.34. The molecule has 19 heavy (non-hydrogen) atoms. The van der Waals surface area contributed by atoms with Crippen molar-refractivity contribution in [3.63, 3.8) is 0 Å². The van der Waals surface area contributed by atoms with E-state index in [4.69, 9.17) is 9.15 Å². The van der Waals surface area contributed by atoms with Crippen LogP contribution in [0.4, 0.5) is 11.5 Å². The molecule has 0 bridgehead atoms. The van der Waals surface area contributed by atoms with Crippen molar-refractivity contribution >= 4 is 11.5 Å². The molecule has 0 fully saturated rings. The van der Waals surface area contributed by atoms with Gasteiger partial charge in [-0.3, -0.25) is 10.1 Å². The van der Waals surface area contributed by atoms with Crippen LogP contribution in [0.1, 0.15) is 11.7 Å². The summed E-state index contributed by atoms with van der Waals surface area (Å²) in [6.07, 6.45) is 1.57. The maximum Gasteiger partial charge on any atom is 0.311 e. The van der Waals surface area contributed by atoms with E-state index in [1.807, 2.05) is 0 Å². The van der Waals surface area contributed by atoms with Gasteiger partial charge >= 0.3 is 5.69 Å². The van der Waals surface area contributed by atoms with Gasteiger partial charge in [-0.15, -0.1) is 0 Å². The summed E-state index contributed by atoms with van der Waals surface area (Å²) in [6, 6.07) is 2.76. The van der Waals surface area contributed by atoms with Gasteiger partial charge in [0.2, 0.25) is 17.6 Å². The highest BCUT2D eigenvalue weighted by atomic mass is 16.6. The topological polar surface area (TPSA) is 103 Å². The highest BCUT2D eigenvalue weighted by Gasteiger charge is 2.16. The molecule has 0 saturated carbocycles. The predicted molar refractivity (Wildman–Crippen MR) is 66.0 cm³/mol. The molecule has 0 radical (unpaired) electrons. The quantitative estimate of drug-likeness (QED) is 0.649. The Kier molecular flexibility index (Phi) is 3.60. The molecule has 8 nitrogen and oxygen atoms in total.